The molecule has 21 heavy (non-hydrogen) atoms. The van der Waals surface area contributed by atoms with E-state index >= 15 is 0 Å². The van der Waals surface area contributed by atoms with Crippen LogP contribution in [0.2, 0.25) is 0 Å². The molecule has 0 unspecified atom stereocenters. The van der Waals surface area contributed by atoms with Gasteiger partial charge in [-0.3, -0.25) is 9.98 Å². The fraction of sp³-hybridized carbons (Fsp3) is 0.333. The van der Waals surface area contributed by atoms with Crippen LogP contribution in [0.5, 0.6) is 5.75 Å². The van der Waals surface area contributed by atoms with Gasteiger partial charge in [-0.2, -0.15) is 0 Å². The smallest absolute Gasteiger partial charge is 0.191 e. The minimum atomic E-state index is 0.553. The van der Waals surface area contributed by atoms with Gasteiger partial charge in [0.15, 0.2) is 5.96 Å². The summed E-state index contributed by atoms with van der Waals surface area (Å²) in [6.07, 6.45) is 7.52. The van der Waals surface area contributed by atoms with Crippen LogP contribution in [0.3, 0.4) is 0 Å². The Morgan fingerprint density at radius 2 is 2.29 bits per heavy atom. The Hall–Kier alpha value is -2.50. The molecule has 0 atom stereocenters. The largest absolute Gasteiger partial charge is 0.490 e. The zero-order valence-corrected chi connectivity index (χ0v) is 12.4. The fourth-order valence-corrected chi connectivity index (χ4v) is 1.84. The molecule has 0 aromatic carbocycles. The zero-order chi connectivity index (χ0) is 14.9. The molecule has 0 saturated carbocycles. The fourth-order valence-electron chi connectivity index (χ4n) is 1.84. The van der Waals surface area contributed by atoms with Crippen molar-refractivity contribution in [2.75, 3.05) is 20.2 Å². The average molecular weight is 287 g/mol. The van der Waals surface area contributed by atoms with Crippen molar-refractivity contribution in [1.29, 1.82) is 0 Å². The number of hydrogen-bond donors (Lipinski definition) is 2. The van der Waals surface area contributed by atoms with E-state index < -0.39 is 0 Å². The van der Waals surface area contributed by atoms with Gasteiger partial charge >= 0.3 is 0 Å². The van der Waals surface area contributed by atoms with E-state index in [1.165, 1.54) is 5.56 Å². The molecule has 0 saturated heterocycles. The topological polar surface area (TPSA) is 63.5 Å². The number of rotatable bonds is 6. The van der Waals surface area contributed by atoms with Gasteiger partial charge in [-0.25, -0.2) is 0 Å². The van der Waals surface area contributed by atoms with E-state index in [9.17, 15) is 0 Å². The van der Waals surface area contributed by atoms with Gasteiger partial charge in [0, 0.05) is 39.2 Å². The first-order valence-electron chi connectivity index (χ1n) is 6.86. The average Bonchev–Trinajstić information content (AvgIpc) is 2.93. The minimum absolute atomic E-state index is 0.553. The number of guanidine groups is 1. The quantitative estimate of drug-likeness (QED) is 0.475. The summed E-state index contributed by atoms with van der Waals surface area (Å²) in [5.74, 6) is 1.53. The highest BCUT2D eigenvalue weighted by Crippen LogP contribution is 2.04. The van der Waals surface area contributed by atoms with E-state index in [1.807, 2.05) is 29.9 Å². The van der Waals surface area contributed by atoms with Crippen molar-refractivity contribution >= 4 is 5.96 Å². The first kappa shape index (κ1) is 14.9. The maximum absolute atomic E-state index is 5.56. The lowest BCUT2D eigenvalue weighted by atomic mass is 10.3. The number of hydrogen-bond acceptors (Lipinski definition) is 3. The van der Waals surface area contributed by atoms with Gasteiger partial charge in [0.2, 0.25) is 0 Å². The van der Waals surface area contributed by atoms with Gasteiger partial charge in [0.05, 0.1) is 12.7 Å². The number of nitrogens with zero attached hydrogens (tertiary/aromatic N) is 3. The second-order valence-electron chi connectivity index (χ2n) is 4.57. The van der Waals surface area contributed by atoms with Crippen molar-refractivity contribution in [3.05, 3.63) is 48.5 Å². The van der Waals surface area contributed by atoms with E-state index in [1.54, 1.807) is 19.4 Å². The summed E-state index contributed by atoms with van der Waals surface area (Å²) in [6, 6.07) is 5.81. The molecule has 0 fully saturated rings. The van der Waals surface area contributed by atoms with E-state index in [0.717, 1.165) is 18.3 Å². The predicted molar refractivity (Wildman–Crippen MR) is 83.3 cm³/mol. The molecule has 2 aromatic rings. The van der Waals surface area contributed by atoms with Crippen LogP contribution in [0.15, 0.2) is 48.0 Å². The number of aryl methyl sites for hydroxylation is 1. The van der Waals surface area contributed by atoms with Gasteiger partial charge < -0.3 is 19.9 Å². The molecule has 2 heterocycles. The second-order valence-corrected chi connectivity index (χ2v) is 4.57. The third-order valence-electron chi connectivity index (χ3n) is 2.87. The van der Waals surface area contributed by atoms with Crippen LogP contribution in [-0.2, 0) is 13.6 Å². The van der Waals surface area contributed by atoms with Crippen molar-refractivity contribution in [2.24, 2.45) is 12.0 Å². The first-order valence-corrected chi connectivity index (χ1v) is 6.86. The molecule has 112 valence electrons. The molecule has 2 N–H and O–H groups in total. The molecule has 6 nitrogen and oxygen atoms in total. The third kappa shape index (κ3) is 5.18. The summed E-state index contributed by atoms with van der Waals surface area (Å²) in [5, 5.41) is 6.46. The van der Waals surface area contributed by atoms with E-state index in [2.05, 4.69) is 32.9 Å². The number of ether oxygens (including phenoxy) is 1. The summed E-state index contributed by atoms with van der Waals surface area (Å²) in [6.45, 7) is 1.96. The van der Waals surface area contributed by atoms with Crippen LogP contribution in [0, 0.1) is 0 Å². The third-order valence-corrected chi connectivity index (χ3v) is 2.87. The standard InChI is InChI=1S/C15H21N5O/c1-16-15(19-10-13-5-8-20(2)12-13)18-7-9-21-14-4-3-6-17-11-14/h3-6,8,11-12H,7,9-10H2,1-2H3,(H2,16,18,19). The zero-order valence-electron chi connectivity index (χ0n) is 12.4. The van der Waals surface area contributed by atoms with Crippen molar-refractivity contribution in [1.82, 2.24) is 20.2 Å². The van der Waals surface area contributed by atoms with Crippen LogP contribution in [0.1, 0.15) is 5.56 Å². The molecule has 0 bridgehead atoms. The molecule has 0 aliphatic carbocycles. The summed E-state index contributed by atoms with van der Waals surface area (Å²) in [5.41, 5.74) is 1.21. The molecular weight excluding hydrogens is 266 g/mol. The van der Waals surface area contributed by atoms with E-state index in [0.29, 0.717) is 13.2 Å². The molecule has 0 amide bonds. The Balaban J connectivity index is 1.66. The maximum Gasteiger partial charge on any atom is 0.191 e. The Morgan fingerprint density at radius 3 is 2.95 bits per heavy atom. The van der Waals surface area contributed by atoms with Crippen molar-refractivity contribution in [3.8, 4) is 5.75 Å². The highest BCUT2D eigenvalue weighted by atomic mass is 16.5. The number of aromatic nitrogens is 2. The Labute approximate surface area is 124 Å². The summed E-state index contributed by atoms with van der Waals surface area (Å²) < 4.78 is 7.58. The van der Waals surface area contributed by atoms with Crippen molar-refractivity contribution < 1.29 is 4.74 Å². The first-order chi connectivity index (χ1) is 10.3. The Bertz CT molecular complexity index is 564. The predicted octanol–water partition coefficient (Wildman–Crippen LogP) is 1.16. The van der Waals surface area contributed by atoms with Crippen LogP contribution in [0.25, 0.3) is 0 Å². The summed E-state index contributed by atoms with van der Waals surface area (Å²) >= 11 is 0. The SMILES string of the molecule is CN=C(NCCOc1cccnc1)NCc1ccn(C)c1. The molecule has 6 heteroatoms. The number of nitrogens with one attached hydrogen (secondary N) is 2. The van der Waals surface area contributed by atoms with Crippen LogP contribution in [-0.4, -0.2) is 35.7 Å². The molecule has 0 aliphatic heterocycles. The second kappa shape index (κ2) is 7.94. The van der Waals surface area contributed by atoms with Crippen molar-refractivity contribution in [2.45, 2.75) is 6.54 Å². The highest BCUT2D eigenvalue weighted by Gasteiger charge is 1.99. The number of pyridine rings is 1. The molecule has 2 rings (SSSR count). The summed E-state index contributed by atoms with van der Waals surface area (Å²) in [7, 11) is 3.76. The van der Waals surface area contributed by atoms with Gasteiger partial charge in [-0.15, -0.1) is 0 Å². The maximum atomic E-state index is 5.56. The van der Waals surface area contributed by atoms with Crippen LogP contribution >= 0.6 is 0 Å². The molecule has 0 spiro atoms. The molecule has 0 radical (unpaired) electrons. The van der Waals surface area contributed by atoms with Crippen LogP contribution in [0.4, 0.5) is 0 Å². The van der Waals surface area contributed by atoms with Crippen molar-refractivity contribution in [3.63, 3.8) is 0 Å². The molecular formula is C15H21N5O. The normalized spacial score (nSPS) is 11.2. The number of aliphatic imine (C=N–C) groups is 1. The van der Waals surface area contributed by atoms with E-state index in [-0.39, 0.29) is 0 Å². The molecule has 2 aromatic heterocycles. The lowest BCUT2D eigenvalue weighted by Crippen LogP contribution is -2.38. The van der Waals surface area contributed by atoms with Gasteiger partial charge in [0.1, 0.15) is 12.4 Å². The lowest BCUT2D eigenvalue weighted by molar-refractivity contribution is 0.320. The lowest BCUT2D eigenvalue weighted by Gasteiger charge is -2.11. The van der Waals surface area contributed by atoms with Gasteiger partial charge in [-0.1, -0.05) is 0 Å². The van der Waals surface area contributed by atoms with Gasteiger partial charge in [-0.05, 0) is 23.8 Å². The highest BCUT2D eigenvalue weighted by molar-refractivity contribution is 5.79. The molecule has 0 aliphatic rings. The Kier molecular flexibility index (Phi) is 5.63. The summed E-state index contributed by atoms with van der Waals surface area (Å²) in [4.78, 5) is 8.17. The van der Waals surface area contributed by atoms with E-state index in [4.69, 9.17) is 4.74 Å². The Morgan fingerprint density at radius 1 is 1.38 bits per heavy atom. The monoisotopic (exact) mass is 287 g/mol. The van der Waals surface area contributed by atoms with Gasteiger partial charge in [0.25, 0.3) is 0 Å². The minimum Gasteiger partial charge on any atom is -0.490 e. The van der Waals surface area contributed by atoms with Crippen LogP contribution < -0.4 is 15.4 Å².